The lowest BCUT2D eigenvalue weighted by atomic mass is 10.1. The second kappa shape index (κ2) is 7.74. The summed E-state index contributed by atoms with van der Waals surface area (Å²) in [6.45, 7) is 2.19. The third-order valence-electron chi connectivity index (χ3n) is 1.98. The molecule has 0 bridgehead atoms. The zero-order valence-electron chi connectivity index (χ0n) is 9.71. The molecule has 0 amide bonds. The lowest BCUT2D eigenvalue weighted by Crippen LogP contribution is -2.14. The molecule has 0 saturated carbocycles. The van der Waals surface area contributed by atoms with E-state index >= 15 is 0 Å². The van der Waals surface area contributed by atoms with E-state index in [9.17, 15) is 4.79 Å². The van der Waals surface area contributed by atoms with Gasteiger partial charge < -0.3 is 4.74 Å². The second-order valence-electron chi connectivity index (χ2n) is 3.11. The molecule has 0 aromatic heterocycles. The highest BCUT2D eigenvalue weighted by atomic mass is 32.2. The molecule has 0 radical (unpaired) electrons. The molecule has 0 aliphatic rings. The van der Waals surface area contributed by atoms with Gasteiger partial charge in [0.1, 0.15) is 8.78 Å². The fourth-order valence-electron chi connectivity index (χ4n) is 1.24. The Morgan fingerprint density at radius 2 is 2.06 bits per heavy atom. The number of hydrogen-bond donors (Lipinski definition) is 0. The topological polar surface area (TPSA) is 26.3 Å². The molecular formula is C12H14O2S3. The quantitative estimate of drug-likeness (QED) is 0.621. The van der Waals surface area contributed by atoms with Gasteiger partial charge in [0.15, 0.2) is 0 Å². The molecule has 1 aromatic rings. The predicted molar refractivity (Wildman–Crippen MR) is 79.5 cm³/mol. The number of hydrogen-bond acceptors (Lipinski definition) is 5. The highest BCUT2D eigenvalue weighted by molar-refractivity contribution is 8.47. The van der Waals surface area contributed by atoms with Crippen LogP contribution in [0.5, 0.6) is 0 Å². The molecule has 0 heterocycles. The van der Waals surface area contributed by atoms with Crippen molar-refractivity contribution in [3.63, 3.8) is 0 Å². The van der Waals surface area contributed by atoms with E-state index < -0.39 is 0 Å². The Balaban J connectivity index is 2.86. The summed E-state index contributed by atoms with van der Waals surface area (Å²) in [6, 6.07) is 9.56. The van der Waals surface area contributed by atoms with Gasteiger partial charge in [-0.25, -0.2) is 0 Å². The first-order valence-corrected chi connectivity index (χ1v) is 7.66. The highest BCUT2D eigenvalue weighted by Crippen LogP contribution is 2.34. The summed E-state index contributed by atoms with van der Waals surface area (Å²) in [5.74, 6) is -0.236. The Kier molecular flexibility index (Phi) is 6.62. The number of carbonyl (C=O) groups excluding carboxylic acids is 1. The van der Waals surface area contributed by atoms with E-state index in [2.05, 4.69) is 0 Å². The number of rotatable bonds is 4. The van der Waals surface area contributed by atoms with Gasteiger partial charge in [0.2, 0.25) is 0 Å². The van der Waals surface area contributed by atoms with Crippen molar-refractivity contribution >= 4 is 45.2 Å². The molecule has 5 heteroatoms. The van der Waals surface area contributed by atoms with Crippen LogP contribution < -0.4 is 0 Å². The van der Waals surface area contributed by atoms with Gasteiger partial charge in [-0.05, 0) is 18.7 Å². The van der Waals surface area contributed by atoms with Crippen LogP contribution in [-0.2, 0) is 9.53 Å². The Bertz CT molecular complexity index is 379. The fourth-order valence-corrected chi connectivity index (χ4v) is 2.85. The number of benzene rings is 1. The van der Waals surface area contributed by atoms with Crippen molar-refractivity contribution < 1.29 is 9.53 Å². The van der Waals surface area contributed by atoms with Crippen LogP contribution in [0.4, 0.5) is 0 Å². The highest BCUT2D eigenvalue weighted by Gasteiger charge is 2.23. The van der Waals surface area contributed by atoms with Crippen LogP contribution in [0.25, 0.3) is 0 Å². The van der Waals surface area contributed by atoms with Crippen LogP contribution in [0.3, 0.4) is 0 Å². The second-order valence-corrected chi connectivity index (χ2v) is 6.23. The smallest absolute Gasteiger partial charge is 0.324 e. The van der Waals surface area contributed by atoms with Gasteiger partial charge >= 0.3 is 5.97 Å². The van der Waals surface area contributed by atoms with Crippen LogP contribution in [0, 0.1) is 0 Å². The van der Waals surface area contributed by atoms with Gasteiger partial charge in [0.25, 0.3) is 0 Å². The van der Waals surface area contributed by atoms with E-state index in [0.717, 1.165) is 9.09 Å². The van der Waals surface area contributed by atoms with E-state index in [0.29, 0.717) is 6.61 Å². The summed E-state index contributed by atoms with van der Waals surface area (Å²) in [6.07, 6.45) is 1.91. The maximum Gasteiger partial charge on any atom is 0.324 e. The number of thioether (sulfide) groups is 2. The first-order valence-electron chi connectivity index (χ1n) is 5.15. The summed E-state index contributed by atoms with van der Waals surface area (Å²) in [7, 11) is 0. The summed E-state index contributed by atoms with van der Waals surface area (Å²) in [4.78, 5) is 11.9. The van der Waals surface area contributed by atoms with Crippen molar-refractivity contribution in [2.45, 2.75) is 12.2 Å². The molecule has 2 nitrogen and oxygen atoms in total. The molecule has 0 aliphatic heterocycles. The van der Waals surface area contributed by atoms with Crippen molar-refractivity contribution in [3.05, 3.63) is 35.9 Å². The Morgan fingerprint density at radius 3 is 2.59 bits per heavy atom. The first-order chi connectivity index (χ1) is 8.19. The van der Waals surface area contributed by atoms with E-state index in [1.807, 2.05) is 36.6 Å². The van der Waals surface area contributed by atoms with Crippen LogP contribution in [0.15, 0.2) is 30.3 Å². The molecule has 17 heavy (non-hydrogen) atoms. The van der Waals surface area contributed by atoms with E-state index in [-0.39, 0.29) is 11.2 Å². The minimum Gasteiger partial charge on any atom is -0.465 e. The predicted octanol–water partition coefficient (Wildman–Crippen LogP) is 3.67. The Hall–Kier alpha value is -0.520. The lowest BCUT2D eigenvalue weighted by Gasteiger charge is -2.15. The summed E-state index contributed by atoms with van der Waals surface area (Å²) < 4.78 is 5.82. The number of carbonyl (C=O) groups is 1. The van der Waals surface area contributed by atoms with Crippen molar-refractivity contribution in [1.29, 1.82) is 0 Å². The van der Waals surface area contributed by atoms with Gasteiger partial charge in [-0.2, -0.15) is 0 Å². The average Bonchev–Trinajstić information content (AvgIpc) is 2.36. The van der Waals surface area contributed by atoms with Gasteiger partial charge in [0, 0.05) is 0 Å². The largest absolute Gasteiger partial charge is 0.465 e. The molecular weight excluding hydrogens is 272 g/mol. The van der Waals surface area contributed by atoms with Crippen LogP contribution in [-0.4, -0.2) is 22.4 Å². The van der Waals surface area contributed by atoms with Gasteiger partial charge in [-0.15, -0.1) is 11.8 Å². The number of ether oxygens (including phenoxy) is 1. The fraction of sp³-hybridized carbons (Fsp3) is 0.333. The van der Waals surface area contributed by atoms with Crippen molar-refractivity contribution in [2.75, 3.05) is 12.9 Å². The minimum absolute atomic E-state index is 0.236. The van der Waals surface area contributed by atoms with Gasteiger partial charge in [-0.3, -0.25) is 4.79 Å². The third kappa shape index (κ3) is 4.69. The standard InChI is InChI=1S/C12H14O2S3/c1-3-14-11(13)10(17-12(15)16-2)9-7-5-4-6-8-9/h4-8,10H,3H2,1-2H3. The number of thiocarbonyl (C=S) groups is 1. The maximum atomic E-state index is 11.9. The summed E-state index contributed by atoms with van der Waals surface area (Å²) >= 11 is 7.99. The van der Waals surface area contributed by atoms with Gasteiger partial charge in [0.05, 0.1) is 6.61 Å². The Morgan fingerprint density at radius 1 is 1.41 bits per heavy atom. The van der Waals surface area contributed by atoms with Crippen molar-refractivity contribution in [2.24, 2.45) is 0 Å². The van der Waals surface area contributed by atoms with Crippen LogP contribution in [0.1, 0.15) is 17.7 Å². The average molecular weight is 286 g/mol. The van der Waals surface area contributed by atoms with Crippen LogP contribution >= 0.6 is 35.7 Å². The van der Waals surface area contributed by atoms with E-state index in [4.69, 9.17) is 17.0 Å². The lowest BCUT2D eigenvalue weighted by molar-refractivity contribution is -0.142. The number of esters is 1. The molecule has 0 aliphatic carbocycles. The minimum atomic E-state index is -0.365. The summed E-state index contributed by atoms with van der Waals surface area (Å²) in [5.41, 5.74) is 0.923. The molecule has 92 valence electrons. The van der Waals surface area contributed by atoms with Crippen molar-refractivity contribution in [3.8, 4) is 0 Å². The summed E-state index contributed by atoms with van der Waals surface area (Å²) in [5, 5.41) is -0.365. The molecule has 0 spiro atoms. The maximum absolute atomic E-state index is 11.9. The zero-order valence-corrected chi connectivity index (χ0v) is 12.2. The van der Waals surface area contributed by atoms with Gasteiger partial charge in [-0.1, -0.05) is 54.3 Å². The van der Waals surface area contributed by atoms with E-state index in [1.54, 1.807) is 6.92 Å². The zero-order chi connectivity index (χ0) is 12.7. The van der Waals surface area contributed by atoms with Crippen molar-refractivity contribution in [1.82, 2.24) is 0 Å². The van der Waals surface area contributed by atoms with Crippen LogP contribution in [0.2, 0.25) is 0 Å². The Labute approximate surface area is 116 Å². The van der Waals surface area contributed by atoms with E-state index in [1.165, 1.54) is 23.5 Å². The normalized spacial score (nSPS) is 11.9. The molecule has 0 fully saturated rings. The molecule has 1 unspecified atom stereocenters. The molecule has 0 saturated heterocycles. The molecule has 1 aromatic carbocycles. The molecule has 1 rings (SSSR count). The molecule has 1 atom stereocenters. The first kappa shape index (κ1) is 14.5. The third-order valence-corrected chi connectivity index (χ3v) is 4.79. The molecule has 0 N–H and O–H groups in total. The SMILES string of the molecule is CCOC(=O)C(SC(=S)SC)c1ccccc1. The monoisotopic (exact) mass is 286 g/mol.